The van der Waals surface area contributed by atoms with Gasteiger partial charge in [-0.3, -0.25) is 4.98 Å². The maximum absolute atomic E-state index is 12.8. The third-order valence-corrected chi connectivity index (χ3v) is 5.40. The van der Waals surface area contributed by atoms with Gasteiger partial charge in [0.05, 0.1) is 35.4 Å². The summed E-state index contributed by atoms with van der Waals surface area (Å²) in [5.41, 5.74) is 4.34. The molecule has 0 radical (unpaired) electrons. The first-order valence-corrected chi connectivity index (χ1v) is 9.66. The number of esters is 1. The predicted octanol–water partition coefficient (Wildman–Crippen LogP) is 4.57. The molecule has 2 amide bonds. The second-order valence-electron chi connectivity index (χ2n) is 7.01. The Balaban J connectivity index is 1.67. The molecule has 1 aliphatic rings. The second kappa shape index (κ2) is 7.72. The molecule has 0 saturated heterocycles. The highest BCUT2D eigenvalue weighted by Gasteiger charge is 2.28. The van der Waals surface area contributed by atoms with Crippen molar-refractivity contribution in [2.24, 2.45) is 0 Å². The molecular weight excluding hydrogens is 390 g/mol. The number of para-hydroxylation sites is 1. The molecule has 148 valence electrons. The van der Waals surface area contributed by atoms with Crippen molar-refractivity contribution in [1.82, 2.24) is 9.88 Å². The van der Waals surface area contributed by atoms with E-state index in [1.807, 2.05) is 37.3 Å². The lowest BCUT2D eigenvalue weighted by Crippen LogP contribution is -2.40. The quantitative estimate of drug-likeness (QED) is 0.629. The van der Waals surface area contributed by atoms with E-state index >= 15 is 0 Å². The van der Waals surface area contributed by atoms with Gasteiger partial charge >= 0.3 is 12.0 Å². The number of pyridine rings is 1. The molecule has 0 bridgehead atoms. The first-order chi connectivity index (χ1) is 14.0. The number of hydrogen-bond acceptors (Lipinski definition) is 4. The summed E-state index contributed by atoms with van der Waals surface area (Å²) in [5, 5.41) is 4.07. The zero-order chi connectivity index (χ0) is 20.5. The molecular formula is C22H20ClN3O3. The fourth-order valence-corrected chi connectivity index (χ4v) is 3.90. The minimum atomic E-state index is -0.427. The van der Waals surface area contributed by atoms with Crippen molar-refractivity contribution in [3.8, 4) is 0 Å². The van der Waals surface area contributed by atoms with Gasteiger partial charge in [0, 0.05) is 29.6 Å². The monoisotopic (exact) mass is 409 g/mol. The summed E-state index contributed by atoms with van der Waals surface area (Å²) >= 11 is 6.24. The van der Waals surface area contributed by atoms with Crippen molar-refractivity contribution in [2.45, 2.75) is 19.9 Å². The van der Waals surface area contributed by atoms with Crippen LogP contribution in [0.5, 0.6) is 0 Å². The number of anilines is 1. The van der Waals surface area contributed by atoms with Crippen LogP contribution in [0.25, 0.3) is 10.9 Å². The van der Waals surface area contributed by atoms with Gasteiger partial charge in [-0.2, -0.15) is 0 Å². The summed E-state index contributed by atoms with van der Waals surface area (Å²) in [6.45, 7) is 2.70. The number of carbonyl (C=O) groups is 2. The molecule has 29 heavy (non-hydrogen) atoms. The number of ether oxygens (including phenoxy) is 1. The highest BCUT2D eigenvalue weighted by atomic mass is 35.5. The van der Waals surface area contributed by atoms with Crippen LogP contribution in [0.4, 0.5) is 10.5 Å². The smallest absolute Gasteiger partial charge is 0.338 e. The lowest BCUT2D eigenvalue weighted by Gasteiger charge is -2.30. The van der Waals surface area contributed by atoms with Crippen LogP contribution in [0.2, 0.25) is 5.02 Å². The number of carbonyl (C=O) groups excluding carboxylic acids is 2. The second-order valence-corrected chi connectivity index (χ2v) is 7.41. The summed E-state index contributed by atoms with van der Waals surface area (Å²) in [6, 6.07) is 12.7. The number of nitrogens with zero attached hydrogens (tertiary/aromatic N) is 2. The predicted molar refractivity (Wildman–Crippen MR) is 112 cm³/mol. The maximum Gasteiger partial charge on any atom is 0.338 e. The molecule has 7 heteroatoms. The molecule has 6 nitrogen and oxygen atoms in total. The van der Waals surface area contributed by atoms with E-state index in [2.05, 4.69) is 5.32 Å². The maximum atomic E-state index is 12.8. The number of benzene rings is 2. The molecule has 4 rings (SSSR count). The third kappa shape index (κ3) is 3.63. The zero-order valence-corrected chi connectivity index (χ0v) is 16.9. The van der Waals surface area contributed by atoms with Crippen LogP contribution in [0.15, 0.2) is 42.5 Å². The number of aromatic nitrogens is 1. The van der Waals surface area contributed by atoms with Gasteiger partial charge in [0.2, 0.25) is 0 Å². The Labute approximate surface area is 173 Å². The van der Waals surface area contributed by atoms with Gasteiger partial charge in [-0.25, -0.2) is 9.59 Å². The Morgan fingerprint density at radius 2 is 2.00 bits per heavy atom. The van der Waals surface area contributed by atoms with Crippen molar-refractivity contribution in [3.63, 3.8) is 0 Å². The summed E-state index contributed by atoms with van der Waals surface area (Å²) in [6.07, 6.45) is 0.555. The molecule has 2 heterocycles. The summed E-state index contributed by atoms with van der Waals surface area (Å²) < 4.78 is 5.03. The average Bonchev–Trinajstić information content (AvgIpc) is 2.73. The van der Waals surface area contributed by atoms with Gasteiger partial charge in [0.1, 0.15) is 0 Å². The number of halogens is 1. The van der Waals surface area contributed by atoms with Gasteiger partial charge < -0.3 is 15.0 Å². The summed E-state index contributed by atoms with van der Waals surface area (Å²) in [4.78, 5) is 31.8. The number of rotatable bonds is 2. The highest BCUT2D eigenvalue weighted by molar-refractivity contribution is 6.33. The van der Waals surface area contributed by atoms with Crippen molar-refractivity contribution >= 4 is 40.2 Å². The fraction of sp³-hybridized carbons (Fsp3) is 0.227. The first kappa shape index (κ1) is 19.2. The van der Waals surface area contributed by atoms with Crippen LogP contribution in [-0.4, -0.2) is 35.5 Å². The SMILES string of the molecule is COC(=O)c1c2c(nc3ccccc13)CCN(C(=O)Nc1ccc(C)cc1Cl)C2. The zero-order valence-electron chi connectivity index (χ0n) is 16.2. The molecule has 0 spiro atoms. The summed E-state index contributed by atoms with van der Waals surface area (Å²) in [5.74, 6) is -0.427. The Morgan fingerprint density at radius 3 is 2.76 bits per heavy atom. The van der Waals surface area contributed by atoms with Crippen molar-refractivity contribution in [2.75, 3.05) is 19.0 Å². The van der Waals surface area contributed by atoms with Crippen LogP contribution < -0.4 is 5.32 Å². The Morgan fingerprint density at radius 1 is 1.21 bits per heavy atom. The van der Waals surface area contributed by atoms with Gasteiger partial charge in [0.15, 0.2) is 0 Å². The van der Waals surface area contributed by atoms with E-state index in [9.17, 15) is 9.59 Å². The van der Waals surface area contributed by atoms with Gasteiger partial charge in [-0.15, -0.1) is 0 Å². The van der Waals surface area contributed by atoms with Crippen molar-refractivity contribution in [3.05, 3.63) is 69.9 Å². The average molecular weight is 410 g/mol. The van der Waals surface area contributed by atoms with Crippen LogP contribution >= 0.6 is 11.6 Å². The molecule has 1 aliphatic heterocycles. The van der Waals surface area contributed by atoms with E-state index in [-0.39, 0.29) is 12.6 Å². The first-order valence-electron chi connectivity index (χ1n) is 9.29. The van der Waals surface area contributed by atoms with Crippen molar-refractivity contribution < 1.29 is 14.3 Å². The van der Waals surface area contributed by atoms with E-state index < -0.39 is 5.97 Å². The normalized spacial score (nSPS) is 13.1. The number of methoxy groups -OCH3 is 1. The Kier molecular flexibility index (Phi) is 5.11. The Hall–Kier alpha value is -3.12. The number of aryl methyl sites for hydroxylation is 1. The van der Waals surface area contributed by atoms with E-state index in [1.165, 1.54) is 7.11 Å². The summed E-state index contributed by atoms with van der Waals surface area (Å²) in [7, 11) is 1.36. The molecule has 1 aromatic heterocycles. The van der Waals surface area contributed by atoms with Crippen LogP contribution in [-0.2, 0) is 17.7 Å². The number of nitrogens with one attached hydrogen (secondary N) is 1. The van der Waals surface area contributed by atoms with E-state index in [0.717, 1.165) is 27.7 Å². The van der Waals surface area contributed by atoms with Crippen LogP contribution in [0.1, 0.15) is 27.2 Å². The number of fused-ring (bicyclic) bond motifs is 2. The van der Waals surface area contributed by atoms with E-state index in [4.69, 9.17) is 21.3 Å². The molecule has 0 aliphatic carbocycles. The van der Waals surface area contributed by atoms with Gasteiger partial charge in [-0.05, 0) is 30.7 Å². The van der Waals surface area contributed by atoms with Crippen LogP contribution in [0.3, 0.4) is 0 Å². The molecule has 0 atom stereocenters. The Bertz CT molecular complexity index is 1130. The topological polar surface area (TPSA) is 71.5 Å². The highest BCUT2D eigenvalue weighted by Crippen LogP contribution is 2.29. The van der Waals surface area contributed by atoms with Gasteiger partial charge in [-0.1, -0.05) is 35.9 Å². The molecule has 0 saturated carbocycles. The molecule has 0 fully saturated rings. The largest absolute Gasteiger partial charge is 0.465 e. The fourth-order valence-electron chi connectivity index (χ4n) is 3.61. The molecule has 2 aromatic carbocycles. The lowest BCUT2D eigenvalue weighted by molar-refractivity contribution is 0.0600. The van der Waals surface area contributed by atoms with E-state index in [0.29, 0.717) is 29.2 Å². The molecule has 3 aromatic rings. The van der Waals surface area contributed by atoms with Gasteiger partial charge in [0.25, 0.3) is 0 Å². The standard InChI is InChI=1S/C22H20ClN3O3/c1-13-7-8-19(16(23)11-13)25-22(28)26-10-9-18-15(12-26)20(21(27)29-2)14-5-3-4-6-17(14)24-18/h3-8,11H,9-10,12H2,1-2H3,(H,25,28). The third-order valence-electron chi connectivity index (χ3n) is 5.09. The minimum Gasteiger partial charge on any atom is -0.465 e. The lowest BCUT2D eigenvalue weighted by atomic mass is 9.96. The minimum absolute atomic E-state index is 0.271. The van der Waals surface area contributed by atoms with E-state index in [1.54, 1.807) is 17.0 Å². The van der Waals surface area contributed by atoms with Crippen molar-refractivity contribution in [1.29, 1.82) is 0 Å². The number of urea groups is 1. The molecule has 0 unspecified atom stereocenters. The van der Waals surface area contributed by atoms with Crippen LogP contribution in [0, 0.1) is 6.92 Å². The number of amides is 2. The molecule has 1 N–H and O–H groups in total. The number of hydrogen-bond donors (Lipinski definition) is 1.